The first-order valence-electron chi connectivity index (χ1n) is 18.8. The lowest BCUT2D eigenvalue weighted by Gasteiger charge is -2.28. The van der Waals surface area contributed by atoms with Crippen LogP contribution in [0.15, 0.2) is 211 Å². The number of para-hydroxylation sites is 3. The van der Waals surface area contributed by atoms with E-state index in [1.807, 2.05) is 12.1 Å². The minimum absolute atomic E-state index is 0.876. The average molecular weight is 703 g/mol. The Balaban J connectivity index is 1.23. The molecule has 0 aliphatic heterocycles. The zero-order valence-electron chi connectivity index (χ0n) is 29.9. The minimum Gasteiger partial charge on any atom is -0.456 e. The molecule has 0 unspecified atom stereocenters. The van der Waals surface area contributed by atoms with Gasteiger partial charge in [0.15, 0.2) is 0 Å². The number of fused-ring (bicyclic) bond motifs is 7. The largest absolute Gasteiger partial charge is 0.456 e. The first kappa shape index (κ1) is 31.2. The molecule has 0 aliphatic carbocycles. The van der Waals surface area contributed by atoms with Crippen molar-refractivity contribution in [1.29, 1.82) is 0 Å². The third kappa shape index (κ3) is 5.05. The summed E-state index contributed by atoms with van der Waals surface area (Å²) >= 11 is 0. The number of rotatable bonds is 6. The van der Waals surface area contributed by atoms with Crippen LogP contribution in [0.5, 0.6) is 0 Å². The summed E-state index contributed by atoms with van der Waals surface area (Å²) in [6.07, 6.45) is 0. The van der Waals surface area contributed by atoms with Gasteiger partial charge in [0.2, 0.25) is 0 Å². The van der Waals surface area contributed by atoms with E-state index in [0.29, 0.717) is 0 Å². The van der Waals surface area contributed by atoms with Crippen molar-refractivity contribution >= 4 is 71.6 Å². The van der Waals surface area contributed by atoms with Gasteiger partial charge in [-0.25, -0.2) is 0 Å². The molecule has 55 heavy (non-hydrogen) atoms. The van der Waals surface area contributed by atoms with E-state index < -0.39 is 0 Å². The van der Waals surface area contributed by atoms with Gasteiger partial charge in [-0.1, -0.05) is 158 Å². The van der Waals surface area contributed by atoms with Crippen molar-refractivity contribution in [3.8, 4) is 27.9 Å². The fraction of sp³-hybridized carbons (Fsp3) is 0. The zero-order valence-corrected chi connectivity index (χ0v) is 29.9. The summed E-state index contributed by atoms with van der Waals surface area (Å²) in [4.78, 5) is 2.41. The van der Waals surface area contributed by atoms with Gasteiger partial charge in [0, 0.05) is 49.4 Å². The lowest BCUT2D eigenvalue weighted by atomic mass is 9.98. The number of benzene rings is 9. The van der Waals surface area contributed by atoms with Crippen molar-refractivity contribution in [2.75, 3.05) is 4.90 Å². The van der Waals surface area contributed by atoms with Crippen molar-refractivity contribution < 1.29 is 4.42 Å². The van der Waals surface area contributed by atoms with Crippen LogP contribution in [0, 0.1) is 0 Å². The van der Waals surface area contributed by atoms with Gasteiger partial charge in [0.05, 0.1) is 22.4 Å². The van der Waals surface area contributed by atoms with Crippen molar-refractivity contribution in [3.05, 3.63) is 206 Å². The van der Waals surface area contributed by atoms with E-state index in [4.69, 9.17) is 4.42 Å². The molecule has 11 rings (SSSR count). The molecule has 0 spiro atoms. The van der Waals surface area contributed by atoms with Crippen LogP contribution in [0.2, 0.25) is 0 Å². The van der Waals surface area contributed by atoms with Crippen LogP contribution in [0.25, 0.3) is 82.5 Å². The van der Waals surface area contributed by atoms with Gasteiger partial charge in [-0.15, -0.1) is 0 Å². The fourth-order valence-electron chi connectivity index (χ4n) is 8.50. The van der Waals surface area contributed by atoms with E-state index >= 15 is 0 Å². The normalized spacial score (nSPS) is 11.6. The van der Waals surface area contributed by atoms with Crippen LogP contribution in [-0.4, -0.2) is 4.57 Å². The number of aromatic nitrogens is 1. The lowest BCUT2D eigenvalue weighted by Crippen LogP contribution is -2.11. The van der Waals surface area contributed by atoms with Gasteiger partial charge < -0.3 is 13.9 Å². The predicted molar refractivity (Wildman–Crippen MR) is 231 cm³/mol. The van der Waals surface area contributed by atoms with Gasteiger partial charge in [0.1, 0.15) is 11.2 Å². The minimum atomic E-state index is 0.876. The van der Waals surface area contributed by atoms with Crippen molar-refractivity contribution in [2.45, 2.75) is 0 Å². The number of nitrogens with zero attached hydrogens (tertiary/aromatic N) is 2. The van der Waals surface area contributed by atoms with E-state index in [-0.39, 0.29) is 0 Å². The average Bonchev–Trinajstić information content (AvgIpc) is 3.79. The fourth-order valence-corrected chi connectivity index (χ4v) is 8.50. The predicted octanol–water partition coefficient (Wildman–Crippen LogP) is 14.6. The molecule has 258 valence electrons. The monoisotopic (exact) mass is 702 g/mol. The van der Waals surface area contributed by atoms with Crippen molar-refractivity contribution in [1.82, 2.24) is 4.57 Å². The highest BCUT2D eigenvalue weighted by atomic mass is 16.3. The SMILES string of the molecule is c1ccc(-c2ccccc2N(c2ccc3oc4ccccc4c3c2)c2ccc3c4ccccc4n(-c4c(-c5ccccc5)ccc5ccccc45)c3c2)cc1. The second-order valence-corrected chi connectivity index (χ2v) is 14.1. The summed E-state index contributed by atoms with van der Waals surface area (Å²) in [5, 5.41) is 7.04. The molecule has 3 heteroatoms. The maximum atomic E-state index is 6.31. The molecule has 0 bridgehead atoms. The first-order valence-corrected chi connectivity index (χ1v) is 18.8. The summed E-state index contributed by atoms with van der Waals surface area (Å²) in [5.74, 6) is 0. The maximum absolute atomic E-state index is 6.31. The van der Waals surface area contributed by atoms with Gasteiger partial charge in [-0.05, 0) is 65.0 Å². The standard InChI is InChI=1S/C52H34N2O/c1-3-15-35(16-4-1)40-20-9-12-24-47(40)53(38-29-32-51-46(33-38)45-23-11-14-26-50(45)55-51)39-28-31-44-43-22-10-13-25-48(43)54(49(44)34-39)52-41-21-8-7-19-37(41)27-30-42(52)36-17-5-2-6-18-36/h1-34H. The van der Waals surface area contributed by atoms with Gasteiger partial charge >= 0.3 is 0 Å². The van der Waals surface area contributed by atoms with Crippen LogP contribution in [-0.2, 0) is 0 Å². The van der Waals surface area contributed by atoms with E-state index in [0.717, 1.165) is 55.6 Å². The van der Waals surface area contributed by atoms with Crippen LogP contribution in [0.1, 0.15) is 0 Å². The molecule has 11 aromatic rings. The molecule has 0 fully saturated rings. The van der Waals surface area contributed by atoms with E-state index in [2.05, 4.69) is 204 Å². The summed E-state index contributed by atoms with van der Waals surface area (Å²) in [6, 6.07) is 74.1. The summed E-state index contributed by atoms with van der Waals surface area (Å²) in [7, 11) is 0. The molecular weight excluding hydrogens is 669 g/mol. The molecule has 9 aromatic carbocycles. The first-order chi connectivity index (χ1) is 27.3. The molecule has 3 nitrogen and oxygen atoms in total. The molecule has 0 atom stereocenters. The van der Waals surface area contributed by atoms with Crippen LogP contribution in [0.3, 0.4) is 0 Å². The Labute approximate surface area is 318 Å². The maximum Gasteiger partial charge on any atom is 0.135 e. The van der Waals surface area contributed by atoms with E-state index in [1.165, 1.54) is 43.9 Å². The van der Waals surface area contributed by atoms with Crippen molar-refractivity contribution in [2.24, 2.45) is 0 Å². The molecule has 0 radical (unpaired) electrons. The number of anilines is 3. The van der Waals surface area contributed by atoms with Crippen LogP contribution in [0.4, 0.5) is 17.1 Å². The molecule has 0 amide bonds. The number of hydrogen-bond donors (Lipinski definition) is 0. The smallest absolute Gasteiger partial charge is 0.135 e. The third-order valence-corrected chi connectivity index (χ3v) is 11.0. The Morgan fingerprint density at radius 1 is 0.364 bits per heavy atom. The second-order valence-electron chi connectivity index (χ2n) is 14.1. The second kappa shape index (κ2) is 12.6. The highest BCUT2D eigenvalue weighted by Gasteiger charge is 2.23. The lowest BCUT2D eigenvalue weighted by molar-refractivity contribution is 0.669. The van der Waals surface area contributed by atoms with Crippen LogP contribution < -0.4 is 4.90 Å². The van der Waals surface area contributed by atoms with Gasteiger partial charge in [-0.3, -0.25) is 0 Å². The topological polar surface area (TPSA) is 21.3 Å². The molecule has 0 saturated carbocycles. The summed E-state index contributed by atoms with van der Waals surface area (Å²) in [5.41, 5.74) is 13.2. The van der Waals surface area contributed by atoms with Gasteiger partial charge in [0.25, 0.3) is 0 Å². The number of hydrogen-bond acceptors (Lipinski definition) is 2. The Hall–Kier alpha value is -7.36. The highest BCUT2D eigenvalue weighted by Crippen LogP contribution is 2.46. The molecule has 2 aromatic heterocycles. The number of furan rings is 1. The molecule has 0 aliphatic rings. The molecule has 2 heterocycles. The van der Waals surface area contributed by atoms with E-state index in [9.17, 15) is 0 Å². The Kier molecular flexibility index (Phi) is 7.17. The summed E-state index contributed by atoms with van der Waals surface area (Å²) < 4.78 is 8.80. The van der Waals surface area contributed by atoms with Crippen molar-refractivity contribution in [3.63, 3.8) is 0 Å². The third-order valence-electron chi connectivity index (χ3n) is 11.0. The Morgan fingerprint density at radius 3 is 1.80 bits per heavy atom. The Bertz CT molecular complexity index is 3210. The quantitative estimate of drug-likeness (QED) is 0.172. The highest BCUT2D eigenvalue weighted by molar-refractivity contribution is 6.13. The van der Waals surface area contributed by atoms with Crippen LogP contribution >= 0.6 is 0 Å². The molecular formula is C52H34N2O. The zero-order chi connectivity index (χ0) is 36.3. The van der Waals surface area contributed by atoms with Gasteiger partial charge in [-0.2, -0.15) is 0 Å². The van der Waals surface area contributed by atoms with E-state index in [1.54, 1.807) is 0 Å². The molecule has 0 N–H and O–H groups in total. The Morgan fingerprint density at radius 2 is 0.964 bits per heavy atom. The molecule has 0 saturated heterocycles. The summed E-state index contributed by atoms with van der Waals surface area (Å²) in [6.45, 7) is 0.